The molecular weight excluding hydrogens is 478 g/mol. The molecule has 0 spiro atoms. The Hall–Kier alpha value is -1.82. The molecule has 2 aliphatic rings. The molecule has 4 rings (SSSR count). The van der Waals surface area contributed by atoms with Crippen molar-refractivity contribution in [2.75, 3.05) is 12.3 Å². The highest BCUT2D eigenvalue weighted by Gasteiger charge is 2.64. The maximum Gasteiger partial charge on any atom is 0.335 e. The van der Waals surface area contributed by atoms with Crippen molar-refractivity contribution in [3.8, 4) is 12.3 Å². The van der Waals surface area contributed by atoms with Gasteiger partial charge >= 0.3 is 17.1 Å². The lowest BCUT2D eigenvalue weighted by molar-refractivity contribution is -0.0731. The molecule has 2 aliphatic heterocycles. The van der Waals surface area contributed by atoms with Gasteiger partial charge in [-0.15, -0.1) is 6.42 Å². The average molecular weight is 518 g/mol. The molecule has 0 amide bonds. The Kier molecular flexibility index (Phi) is 6.93. The van der Waals surface area contributed by atoms with Crippen molar-refractivity contribution >= 4 is 34.1 Å². The van der Waals surface area contributed by atoms with Crippen molar-refractivity contribution in [1.29, 1.82) is 0 Å². The lowest BCUT2D eigenvalue weighted by atomic mass is 9.96. The molecule has 2 saturated heterocycles. The standard InChI is InChI=1S/C24H39N5O4Si2/c1-10-24-11-20(29-14-28-21-22(25)26-13-27-23(21)29)31-19(24)12-30-34(15(2)3,16(4)5)33-35(32-24,17(6)7)18(8)9/h1,13-20H,11-12H2,2-9H3,(H2,25,26,27)/t19-,20-,24+/m1/s1. The molecule has 4 heterocycles. The number of rotatable bonds is 5. The Bertz CT molecular complexity index is 1100. The third-order valence-corrected chi connectivity index (χ3v) is 17.9. The number of nitrogen functional groups attached to an aromatic ring is 1. The Morgan fingerprint density at radius 1 is 1.03 bits per heavy atom. The van der Waals surface area contributed by atoms with Gasteiger partial charge in [-0.2, -0.15) is 0 Å². The molecule has 2 fully saturated rings. The average Bonchev–Trinajstić information content (AvgIpc) is 3.36. The molecule has 0 radical (unpaired) electrons. The summed E-state index contributed by atoms with van der Waals surface area (Å²) in [5.41, 5.74) is 6.98. The number of hydrogen-bond donors (Lipinski definition) is 1. The van der Waals surface area contributed by atoms with Crippen LogP contribution in [-0.4, -0.2) is 55.0 Å². The fourth-order valence-electron chi connectivity index (χ4n) is 5.61. The molecule has 0 aliphatic carbocycles. The summed E-state index contributed by atoms with van der Waals surface area (Å²) >= 11 is 0. The second-order valence-corrected chi connectivity index (χ2v) is 19.8. The first kappa shape index (κ1) is 26.3. The van der Waals surface area contributed by atoms with Crippen LogP contribution >= 0.6 is 0 Å². The number of nitrogens with two attached hydrogens (primary N) is 1. The summed E-state index contributed by atoms with van der Waals surface area (Å²) in [4.78, 5) is 12.9. The predicted octanol–water partition coefficient (Wildman–Crippen LogP) is 4.66. The van der Waals surface area contributed by atoms with Crippen molar-refractivity contribution in [1.82, 2.24) is 19.5 Å². The zero-order chi connectivity index (χ0) is 25.8. The highest BCUT2D eigenvalue weighted by molar-refractivity contribution is 6.84. The van der Waals surface area contributed by atoms with Gasteiger partial charge in [0.2, 0.25) is 0 Å². The van der Waals surface area contributed by atoms with E-state index in [0.29, 0.717) is 30.0 Å². The first-order valence-electron chi connectivity index (χ1n) is 12.5. The van der Waals surface area contributed by atoms with E-state index in [4.69, 9.17) is 29.9 Å². The van der Waals surface area contributed by atoms with Gasteiger partial charge in [-0.1, -0.05) is 61.3 Å². The van der Waals surface area contributed by atoms with E-state index in [9.17, 15) is 0 Å². The quantitative estimate of drug-likeness (QED) is 0.451. The first-order valence-corrected chi connectivity index (χ1v) is 16.5. The van der Waals surface area contributed by atoms with Crippen molar-refractivity contribution in [3.05, 3.63) is 12.7 Å². The second-order valence-electron chi connectivity index (χ2n) is 11.0. The third kappa shape index (κ3) is 4.04. The van der Waals surface area contributed by atoms with Crippen LogP contribution in [0.2, 0.25) is 22.2 Å². The summed E-state index contributed by atoms with van der Waals surface area (Å²) < 4.78 is 29.8. The van der Waals surface area contributed by atoms with Gasteiger partial charge in [-0.05, 0) is 22.2 Å². The van der Waals surface area contributed by atoms with Gasteiger partial charge in [0.15, 0.2) is 17.1 Å². The summed E-state index contributed by atoms with van der Waals surface area (Å²) in [7, 11) is -5.59. The van der Waals surface area contributed by atoms with Gasteiger partial charge < -0.3 is 23.4 Å². The van der Waals surface area contributed by atoms with Gasteiger partial charge in [-0.25, -0.2) is 15.0 Å². The van der Waals surface area contributed by atoms with Gasteiger partial charge in [-0.3, -0.25) is 4.57 Å². The summed E-state index contributed by atoms with van der Waals surface area (Å²) in [6, 6.07) is 0. The molecule has 192 valence electrons. The molecule has 0 saturated carbocycles. The van der Waals surface area contributed by atoms with Crippen molar-refractivity contribution in [3.63, 3.8) is 0 Å². The van der Waals surface area contributed by atoms with Crippen LogP contribution in [0.1, 0.15) is 68.0 Å². The zero-order valence-electron chi connectivity index (χ0n) is 22.1. The van der Waals surface area contributed by atoms with Crippen LogP contribution in [0, 0.1) is 12.3 Å². The molecule has 2 N–H and O–H groups in total. The molecule has 2 aromatic rings. The predicted molar refractivity (Wildman–Crippen MR) is 140 cm³/mol. The minimum atomic E-state index is -2.89. The molecule has 0 aromatic carbocycles. The first-order chi connectivity index (χ1) is 16.4. The minimum absolute atomic E-state index is 0.167. The van der Waals surface area contributed by atoms with Crippen molar-refractivity contribution in [2.24, 2.45) is 0 Å². The number of hydrogen-bond acceptors (Lipinski definition) is 8. The van der Waals surface area contributed by atoms with Crippen LogP contribution in [0.3, 0.4) is 0 Å². The molecule has 0 unspecified atom stereocenters. The van der Waals surface area contributed by atoms with E-state index < -0.39 is 35.1 Å². The molecule has 35 heavy (non-hydrogen) atoms. The summed E-state index contributed by atoms with van der Waals surface area (Å²) in [6.45, 7) is 17.8. The second kappa shape index (κ2) is 9.24. The normalized spacial score (nSPS) is 28.4. The summed E-state index contributed by atoms with van der Waals surface area (Å²) in [5, 5.41) is 0. The number of imidazole rings is 1. The Balaban J connectivity index is 1.82. The Morgan fingerprint density at radius 3 is 2.23 bits per heavy atom. The van der Waals surface area contributed by atoms with Crippen LogP contribution in [-0.2, 0) is 17.7 Å². The fourth-order valence-corrected chi connectivity index (χ4v) is 16.8. The molecule has 2 aromatic heterocycles. The third-order valence-electron chi connectivity index (χ3n) is 7.60. The van der Waals surface area contributed by atoms with Crippen LogP contribution in [0.25, 0.3) is 11.2 Å². The highest BCUT2D eigenvalue weighted by atomic mass is 28.5. The Labute approximate surface area is 210 Å². The van der Waals surface area contributed by atoms with Crippen LogP contribution in [0.5, 0.6) is 0 Å². The van der Waals surface area contributed by atoms with Crippen LogP contribution < -0.4 is 5.73 Å². The zero-order valence-corrected chi connectivity index (χ0v) is 24.1. The van der Waals surface area contributed by atoms with Crippen LogP contribution in [0.15, 0.2) is 12.7 Å². The smallest absolute Gasteiger partial charge is 0.335 e. The van der Waals surface area contributed by atoms with E-state index in [-0.39, 0.29) is 22.2 Å². The number of ether oxygens (including phenoxy) is 1. The molecule has 3 atom stereocenters. The lowest BCUT2D eigenvalue weighted by Gasteiger charge is -2.53. The maximum absolute atomic E-state index is 7.29. The number of anilines is 1. The van der Waals surface area contributed by atoms with Gasteiger partial charge in [0.05, 0.1) is 12.9 Å². The molecule has 9 nitrogen and oxygen atoms in total. The molecular formula is C24H39N5O4Si2. The maximum atomic E-state index is 7.29. The number of fused-ring (bicyclic) bond motifs is 2. The SMILES string of the molecule is C#C[C@]12C[C@H](n3cnc4c(N)ncnc43)O[C@@H]1CO[Si](C(C)C)(C(C)C)O[Si](C(C)C)(C(C)C)O2. The van der Waals surface area contributed by atoms with E-state index in [2.05, 4.69) is 76.3 Å². The highest BCUT2D eigenvalue weighted by Crippen LogP contribution is 2.51. The van der Waals surface area contributed by atoms with E-state index in [1.165, 1.54) is 6.33 Å². The monoisotopic (exact) mass is 517 g/mol. The van der Waals surface area contributed by atoms with Crippen molar-refractivity contribution in [2.45, 2.75) is 102 Å². The summed E-state index contributed by atoms with van der Waals surface area (Å²) in [5.74, 6) is 3.33. The Morgan fingerprint density at radius 2 is 1.66 bits per heavy atom. The largest absolute Gasteiger partial charge is 0.414 e. The fraction of sp³-hybridized carbons (Fsp3) is 0.708. The van der Waals surface area contributed by atoms with E-state index >= 15 is 0 Å². The van der Waals surface area contributed by atoms with Gasteiger partial charge in [0.1, 0.15) is 24.2 Å². The van der Waals surface area contributed by atoms with Crippen LogP contribution in [0.4, 0.5) is 5.82 Å². The van der Waals surface area contributed by atoms with Crippen molar-refractivity contribution < 1.29 is 17.7 Å². The lowest BCUT2D eigenvalue weighted by Crippen LogP contribution is -2.67. The van der Waals surface area contributed by atoms with E-state index in [0.717, 1.165) is 0 Å². The van der Waals surface area contributed by atoms with E-state index in [1.54, 1.807) is 6.33 Å². The number of terminal acetylenes is 1. The number of aromatic nitrogens is 4. The van der Waals surface area contributed by atoms with Gasteiger partial charge in [0, 0.05) is 6.42 Å². The van der Waals surface area contributed by atoms with Gasteiger partial charge in [0.25, 0.3) is 0 Å². The summed E-state index contributed by atoms with van der Waals surface area (Å²) in [6.07, 6.45) is 8.91. The molecule has 11 heteroatoms. The van der Waals surface area contributed by atoms with E-state index in [1.807, 2.05) is 4.57 Å². The topological polar surface area (TPSA) is 107 Å². The minimum Gasteiger partial charge on any atom is -0.414 e. The molecule has 0 bridgehead atoms. The number of nitrogens with zero attached hydrogens (tertiary/aromatic N) is 4.